The Morgan fingerprint density at radius 3 is 2.58 bits per heavy atom. The zero-order chi connectivity index (χ0) is 21.8. The van der Waals surface area contributed by atoms with Crippen LogP contribution in [0.3, 0.4) is 0 Å². The van der Waals surface area contributed by atoms with Crippen molar-refractivity contribution in [3.8, 4) is 11.5 Å². The van der Waals surface area contributed by atoms with E-state index >= 15 is 0 Å². The van der Waals surface area contributed by atoms with E-state index in [0.717, 1.165) is 12.1 Å². The minimum Gasteiger partial charge on any atom is -0.505 e. The van der Waals surface area contributed by atoms with E-state index < -0.39 is 23.6 Å². The van der Waals surface area contributed by atoms with Crippen LogP contribution in [0.2, 0.25) is 0 Å². The molecule has 0 radical (unpaired) electrons. The summed E-state index contributed by atoms with van der Waals surface area (Å²) < 4.78 is 32.9. The van der Waals surface area contributed by atoms with E-state index in [-0.39, 0.29) is 17.9 Å². The highest BCUT2D eigenvalue weighted by Crippen LogP contribution is 2.34. The lowest BCUT2D eigenvalue weighted by atomic mass is 9.96. The predicted molar refractivity (Wildman–Crippen MR) is 112 cm³/mol. The number of carbonyl (C=O) groups excluding carboxylic acids is 1. The molecule has 1 aromatic heterocycles. The third-order valence-electron chi connectivity index (χ3n) is 4.79. The van der Waals surface area contributed by atoms with Crippen molar-refractivity contribution < 1.29 is 23.4 Å². The summed E-state index contributed by atoms with van der Waals surface area (Å²) in [6.07, 6.45) is 1.53. The highest BCUT2D eigenvalue weighted by atomic mass is 19.2. The Morgan fingerprint density at radius 1 is 1.00 bits per heavy atom. The average molecular weight is 420 g/mol. The molecule has 0 fully saturated rings. The number of phenols is 1. The molecule has 5 nitrogen and oxygen atoms in total. The number of benzene rings is 3. The SMILES string of the molecule is O=C(COc1ccccc1)NC(c1ccc(F)c(F)c1)c1ccc2cccnc2c1O. The number of ether oxygens (including phenoxy) is 1. The number of nitrogens with zero attached hydrogens (tertiary/aromatic N) is 1. The van der Waals surface area contributed by atoms with Gasteiger partial charge in [0.15, 0.2) is 18.2 Å². The molecule has 1 heterocycles. The molecule has 3 aromatic carbocycles. The molecule has 4 aromatic rings. The number of aromatic hydroxyl groups is 1. The van der Waals surface area contributed by atoms with Crippen LogP contribution in [0.4, 0.5) is 8.78 Å². The highest BCUT2D eigenvalue weighted by Gasteiger charge is 2.23. The number of hydrogen-bond acceptors (Lipinski definition) is 4. The van der Waals surface area contributed by atoms with Crippen LogP contribution in [-0.4, -0.2) is 22.6 Å². The second-order valence-corrected chi connectivity index (χ2v) is 6.85. The number of nitrogens with one attached hydrogen (secondary N) is 1. The zero-order valence-corrected chi connectivity index (χ0v) is 16.3. The summed E-state index contributed by atoms with van der Waals surface area (Å²) >= 11 is 0. The van der Waals surface area contributed by atoms with Crippen molar-refractivity contribution in [1.29, 1.82) is 0 Å². The van der Waals surface area contributed by atoms with Crippen LogP contribution in [-0.2, 0) is 4.79 Å². The van der Waals surface area contributed by atoms with E-state index in [2.05, 4.69) is 10.3 Å². The molecule has 0 saturated carbocycles. The van der Waals surface area contributed by atoms with E-state index in [1.165, 1.54) is 12.3 Å². The molecule has 1 amide bonds. The van der Waals surface area contributed by atoms with Gasteiger partial charge in [0.05, 0.1) is 6.04 Å². The summed E-state index contributed by atoms with van der Waals surface area (Å²) in [5.41, 5.74) is 0.894. The third kappa shape index (κ3) is 4.45. The van der Waals surface area contributed by atoms with Crippen LogP contribution in [0.25, 0.3) is 10.9 Å². The first-order valence-corrected chi connectivity index (χ1v) is 9.51. The minimum atomic E-state index is -1.06. The number of amides is 1. The molecule has 7 heteroatoms. The summed E-state index contributed by atoms with van der Waals surface area (Å²) in [4.78, 5) is 16.8. The van der Waals surface area contributed by atoms with Crippen molar-refractivity contribution in [2.75, 3.05) is 6.61 Å². The second-order valence-electron chi connectivity index (χ2n) is 6.85. The summed E-state index contributed by atoms with van der Waals surface area (Å²) in [6, 6.07) is 18.0. The smallest absolute Gasteiger partial charge is 0.258 e. The van der Waals surface area contributed by atoms with Crippen LogP contribution in [0.5, 0.6) is 11.5 Å². The maximum Gasteiger partial charge on any atom is 0.258 e. The van der Waals surface area contributed by atoms with Crippen molar-refractivity contribution in [2.45, 2.75) is 6.04 Å². The van der Waals surface area contributed by atoms with Gasteiger partial charge in [-0.15, -0.1) is 0 Å². The number of fused-ring (bicyclic) bond motifs is 1. The quantitative estimate of drug-likeness (QED) is 0.482. The molecule has 0 bridgehead atoms. The fourth-order valence-corrected chi connectivity index (χ4v) is 3.28. The molecule has 0 saturated heterocycles. The van der Waals surface area contributed by atoms with Gasteiger partial charge in [-0.3, -0.25) is 9.78 Å². The van der Waals surface area contributed by atoms with E-state index in [0.29, 0.717) is 22.2 Å². The number of phenolic OH excluding ortho intramolecular Hbond substituents is 1. The van der Waals surface area contributed by atoms with E-state index in [1.54, 1.807) is 48.5 Å². The van der Waals surface area contributed by atoms with Gasteiger partial charge in [-0.1, -0.05) is 42.5 Å². The summed E-state index contributed by atoms with van der Waals surface area (Å²) in [6.45, 7) is -0.295. The minimum absolute atomic E-state index is 0.155. The van der Waals surface area contributed by atoms with Crippen LogP contribution < -0.4 is 10.1 Å². The first-order chi connectivity index (χ1) is 15.0. The van der Waals surface area contributed by atoms with Crippen molar-refractivity contribution in [2.24, 2.45) is 0 Å². The molecule has 0 spiro atoms. The summed E-state index contributed by atoms with van der Waals surface area (Å²) in [5.74, 6) is -2.21. The zero-order valence-electron chi connectivity index (χ0n) is 16.3. The molecule has 1 unspecified atom stereocenters. The number of rotatable bonds is 6. The Kier molecular flexibility index (Phi) is 5.75. The monoisotopic (exact) mass is 420 g/mol. The number of pyridine rings is 1. The number of hydrogen-bond donors (Lipinski definition) is 2. The predicted octanol–water partition coefficient (Wildman–Crippen LogP) is 4.50. The van der Waals surface area contributed by atoms with Gasteiger partial charge in [-0.25, -0.2) is 8.78 Å². The molecule has 31 heavy (non-hydrogen) atoms. The van der Waals surface area contributed by atoms with E-state index in [1.807, 2.05) is 6.07 Å². The average Bonchev–Trinajstić information content (AvgIpc) is 2.79. The standard InChI is InChI=1S/C24H18F2N2O3/c25-19-11-9-16(13-20(19)26)22(28-21(29)14-31-17-6-2-1-3-7-17)18-10-8-15-5-4-12-27-23(15)24(18)30/h1-13,22,30H,14H2,(H,28,29). The van der Waals surface area contributed by atoms with Gasteiger partial charge in [-0.05, 0) is 35.9 Å². The van der Waals surface area contributed by atoms with E-state index in [9.17, 15) is 18.7 Å². The highest BCUT2D eigenvalue weighted by molar-refractivity contribution is 5.86. The molecule has 4 rings (SSSR count). The molecule has 0 aliphatic heterocycles. The van der Waals surface area contributed by atoms with Crippen molar-refractivity contribution in [3.63, 3.8) is 0 Å². The van der Waals surface area contributed by atoms with Crippen molar-refractivity contribution in [1.82, 2.24) is 10.3 Å². The lowest BCUT2D eigenvalue weighted by Crippen LogP contribution is -2.33. The van der Waals surface area contributed by atoms with E-state index in [4.69, 9.17) is 4.74 Å². The van der Waals surface area contributed by atoms with Crippen LogP contribution in [0.1, 0.15) is 17.2 Å². The molecule has 1 atom stereocenters. The van der Waals surface area contributed by atoms with Crippen LogP contribution in [0, 0.1) is 11.6 Å². The lowest BCUT2D eigenvalue weighted by molar-refractivity contribution is -0.123. The topological polar surface area (TPSA) is 71.5 Å². The fraction of sp³-hybridized carbons (Fsp3) is 0.0833. The first kappa shape index (κ1) is 20.3. The van der Waals surface area contributed by atoms with Gasteiger partial charge < -0.3 is 15.2 Å². The Balaban J connectivity index is 1.67. The number of para-hydroxylation sites is 1. The Hall–Kier alpha value is -4.00. The van der Waals surface area contributed by atoms with Gasteiger partial charge in [0.2, 0.25) is 0 Å². The van der Waals surface area contributed by atoms with Gasteiger partial charge in [0.25, 0.3) is 5.91 Å². The Morgan fingerprint density at radius 2 is 1.81 bits per heavy atom. The molecular formula is C24H18F2N2O3. The largest absolute Gasteiger partial charge is 0.505 e. The third-order valence-corrected chi connectivity index (χ3v) is 4.79. The Labute approximate surface area is 176 Å². The van der Waals surface area contributed by atoms with Crippen LogP contribution >= 0.6 is 0 Å². The molecule has 0 aliphatic carbocycles. The molecule has 0 aliphatic rings. The normalized spacial score (nSPS) is 11.8. The Bertz CT molecular complexity index is 1230. The lowest BCUT2D eigenvalue weighted by Gasteiger charge is -2.21. The molecule has 2 N–H and O–H groups in total. The van der Waals surface area contributed by atoms with Crippen LogP contribution in [0.15, 0.2) is 79.0 Å². The van der Waals surface area contributed by atoms with Crippen molar-refractivity contribution in [3.05, 3.63) is 102 Å². The summed E-state index contributed by atoms with van der Waals surface area (Å²) in [7, 11) is 0. The molecule has 156 valence electrons. The number of aromatic nitrogens is 1. The number of halogens is 2. The van der Waals surface area contributed by atoms with Gasteiger partial charge >= 0.3 is 0 Å². The van der Waals surface area contributed by atoms with Crippen molar-refractivity contribution >= 4 is 16.8 Å². The number of carbonyl (C=O) groups is 1. The van der Waals surface area contributed by atoms with Gasteiger partial charge in [0.1, 0.15) is 17.0 Å². The summed E-state index contributed by atoms with van der Waals surface area (Å²) in [5, 5.41) is 14.2. The molecular weight excluding hydrogens is 402 g/mol. The van der Waals surface area contributed by atoms with Gasteiger partial charge in [0, 0.05) is 17.1 Å². The maximum absolute atomic E-state index is 13.9. The second kappa shape index (κ2) is 8.79. The maximum atomic E-state index is 13.9. The fourth-order valence-electron chi connectivity index (χ4n) is 3.28. The first-order valence-electron chi connectivity index (χ1n) is 9.51. The van der Waals surface area contributed by atoms with Gasteiger partial charge in [-0.2, -0.15) is 0 Å².